The minimum Gasteiger partial charge on any atom is -0.480 e. The van der Waals surface area contributed by atoms with Crippen LogP contribution in [0.2, 0.25) is 0 Å². The zero-order chi connectivity index (χ0) is 11.4. The summed E-state index contributed by atoms with van der Waals surface area (Å²) in [6.45, 7) is 4.39. The van der Waals surface area contributed by atoms with Gasteiger partial charge in [0.1, 0.15) is 6.04 Å². The largest absolute Gasteiger partial charge is 0.480 e. The first-order valence-electron chi connectivity index (χ1n) is 5.17. The van der Waals surface area contributed by atoms with Crippen molar-refractivity contribution < 1.29 is 19.4 Å². The van der Waals surface area contributed by atoms with Gasteiger partial charge >= 0.3 is 5.97 Å². The molecule has 0 aliphatic carbocycles. The fraction of sp³-hybridized carbons (Fsp3) is 0.800. The summed E-state index contributed by atoms with van der Waals surface area (Å²) in [5.41, 5.74) is 0. The highest BCUT2D eigenvalue weighted by Gasteiger charge is 2.38. The third-order valence-electron chi connectivity index (χ3n) is 2.51. The zero-order valence-corrected chi connectivity index (χ0v) is 9.10. The van der Waals surface area contributed by atoms with E-state index in [0.717, 1.165) is 6.42 Å². The van der Waals surface area contributed by atoms with E-state index in [4.69, 9.17) is 9.84 Å². The summed E-state index contributed by atoms with van der Waals surface area (Å²) in [4.78, 5) is 23.4. The molecule has 0 saturated carbocycles. The molecule has 0 bridgehead atoms. The molecule has 86 valence electrons. The van der Waals surface area contributed by atoms with Gasteiger partial charge in [0.05, 0.1) is 6.10 Å². The van der Waals surface area contributed by atoms with Gasteiger partial charge in [-0.05, 0) is 6.42 Å². The number of nitrogens with zero attached hydrogens (tertiary/aromatic N) is 1. The fourth-order valence-electron chi connectivity index (χ4n) is 1.78. The molecule has 1 heterocycles. The van der Waals surface area contributed by atoms with Crippen LogP contribution in [0.3, 0.4) is 0 Å². The number of ether oxygens (including phenoxy) is 1. The van der Waals surface area contributed by atoms with Crippen molar-refractivity contribution in [1.29, 1.82) is 0 Å². The summed E-state index contributed by atoms with van der Waals surface area (Å²) in [7, 11) is 0. The molecule has 15 heavy (non-hydrogen) atoms. The summed E-state index contributed by atoms with van der Waals surface area (Å²) in [6.07, 6.45) is 1.17. The van der Waals surface area contributed by atoms with Gasteiger partial charge in [0, 0.05) is 26.5 Å². The molecule has 5 nitrogen and oxygen atoms in total. The Morgan fingerprint density at radius 3 is 2.60 bits per heavy atom. The van der Waals surface area contributed by atoms with E-state index >= 15 is 0 Å². The van der Waals surface area contributed by atoms with Gasteiger partial charge in [0.25, 0.3) is 0 Å². The first-order chi connectivity index (χ1) is 7.06. The minimum absolute atomic E-state index is 0.130. The number of carbonyl (C=O) groups excluding carboxylic acids is 1. The number of carboxylic acid groups (broad SMARTS) is 1. The van der Waals surface area contributed by atoms with E-state index in [1.54, 1.807) is 0 Å². The number of hydrogen-bond acceptors (Lipinski definition) is 3. The molecular formula is C10H17NO4. The van der Waals surface area contributed by atoms with Crippen LogP contribution in [0, 0.1) is 0 Å². The van der Waals surface area contributed by atoms with Crippen molar-refractivity contribution >= 4 is 11.9 Å². The molecular weight excluding hydrogens is 198 g/mol. The molecule has 1 aliphatic rings. The van der Waals surface area contributed by atoms with Crippen molar-refractivity contribution in [2.75, 3.05) is 13.2 Å². The van der Waals surface area contributed by atoms with E-state index in [1.165, 1.54) is 11.8 Å². The lowest BCUT2D eigenvalue weighted by Gasteiger charge is -2.18. The number of aliphatic carboxylic acids is 1. The lowest BCUT2D eigenvalue weighted by molar-refractivity contribution is -0.147. The van der Waals surface area contributed by atoms with Crippen LogP contribution in [0.1, 0.15) is 26.7 Å². The van der Waals surface area contributed by atoms with Crippen LogP contribution < -0.4 is 0 Å². The van der Waals surface area contributed by atoms with Crippen molar-refractivity contribution in [2.45, 2.75) is 38.8 Å². The van der Waals surface area contributed by atoms with E-state index in [-0.39, 0.29) is 12.0 Å². The Bertz CT molecular complexity index is 232. The van der Waals surface area contributed by atoms with Gasteiger partial charge in [-0.1, -0.05) is 6.92 Å². The van der Waals surface area contributed by atoms with Crippen molar-refractivity contribution in [3.8, 4) is 0 Å². The molecule has 1 unspecified atom stereocenters. The maximum absolute atomic E-state index is 11.2. The molecule has 1 N–H and O–H groups in total. The van der Waals surface area contributed by atoms with Crippen molar-refractivity contribution in [3.63, 3.8) is 0 Å². The van der Waals surface area contributed by atoms with Crippen LogP contribution >= 0.6 is 0 Å². The van der Waals surface area contributed by atoms with Gasteiger partial charge in [-0.2, -0.15) is 0 Å². The molecule has 1 amide bonds. The number of carboxylic acids is 1. The number of rotatable bonds is 4. The molecule has 2 atom stereocenters. The van der Waals surface area contributed by atoms with Crippen LogP contribution in [-0.2, 0) is 14.3 Å². The molecule has 1 saturated heterocycles. The van der Waals surface area contributed by atoms with E-state index < -0.39 is 12.0 Å². The average molecular weight is 215 g/mol. The van der Waals surface area contributed by atoms with E-state index in [1.807, 2.05) is 6.92 Å². The Kier molecular flexibility index (Phi) is 4.08. The second-order valence-electron chi connectivity index (χ2n) is 3.75. The minimum atomic E-state index is -0.951. The number of carbonyl (C=O) groups is 2. The standard InChI is InChI=1S/C10H17NO4/c1-3-4-15-8-5-9(10(13)14)11(6-8)7(2)12/h8-9H,3-6H2,1-2H3,(H,13,14)/t8?,9-/m0/s1. The van der Waals surface area contributed by atoms with Crippen LogP contribution in [0.25, 0.3) is 0 Å². The highest BCUT2D eigenvalue weighted by Crippen LogP contribution is 2.20. The Labute approximate surface area is 89.0 Å². The molecule has 0 spiro atoms. The fourth-order valence-corrected chi connectivity index (χ4v) is 1.78. The first kappa shape index (κ1) is 12.0. The predicted octanol–water partition coefficient (Wildman–Crippen LogP) is 0.487. The SMILES string of the molecule is CCCOC1C[C@@H](C(=O)O)N(C(C)=O)C1. The van der Waals surface area contributed by atoms with Crippen LogP contribution in [0.5, 0.6) is 0 Å². The maximum atomic E-state index is 11.2. The Morgan fingerprint density at radius 1 is 1.53 bits per heavy atom. The monoisotopic (exact) mass is 215 g/mol. The topological polar surface area (TPSA) is 66.8 Å². The second-order valence-corrected chi connectivity index (χ2v) is 3.75. The molecule has 5 heteroatoms. The lowest BCUT2D eigenvalue weighted by atomic mass is 10.2. The Balaban J connectivity index is 2.57. The lowest BCUT2D eigenvalue weighted by Crippen LogP contribution is -2.39. The summed E-state index contributed by atoms with van der Waals surface area (Å²) < 4.78 is 5.46. The van der Waals surface area contributed by atoms with Gasteiger partial charge < -0.3 is 14.7 Å². The third-order valence-corrected chi connectivity index (χ3v) is 2.51. The molecule has 0 radical (unpaired) electrons. The van der Waals surface area contributed by atoms with Crippen molar-refractivity contribution in [2.24, 2.45) is 0 Å². The highest BCUT2D eigenvalue weighted by molar-refractivity contribution is 5.83. The summed E-state index contributed by atoms with van der Waals surface area (Å²) in [6, 6.07) is -0.718. The predicted molar refractivity (Wildman–Crippen MR) is 53.5 cm³/mol. The van der Waals surface area contributed by atoms with Gasteiger partial charge in [-0.15, -0.1) is 0 Å². The summed E-state index contributed by atoms with van der Waals surface area (Å²) >= 11 is 0. The molecule has 0 aromatic heterocycles. The molecule has 1 rings (SSSR count). The zero-order valence-electron chi connectivity index (χ0n) is 9.10. The summed E-state index contributed by atoms with van der Waals surface area (Å²) in [5.74, 6) is -1.15. The smallest absolute Gasteiger partial charge is 0.326 e. The first-order valence-corrected chi connectivity index (χ1v) is 5.17. The third kappa shape index (κ3) is 2.92. The van der Waals surface area contributed by atoms with Gasteiger partial charge in [-0.25, -0.2) is 4.79 Å². The van der Waals surface area contributed by atoms with Gasteiger partial charge in [-0.3, -0.25) is 4.79 Å². The van der Waals surface area contributed by atoms with Gasteiger partial charge in [0.2, 0.25) is 5.91 Å². The van der Waals surface area contributed by atoms with Crippen molar-refractivity contribution in [3.05, 3.63) is 0 Å². The van der Waals surface area contributed by atoms with Crippen molar-refractivity contribution in [1.82, 2.24) is 4.90 Å². The highest BCUT2D eigenvalue weighted by atomic mass is 16.5. The Morgan fingerprint density at radius 2 is 2.20 bits per heavy atom. The van der Waals surface area contributed by atoms with Crippen LogP contribution in [-0.4, -0.2) is 47.2 Å². The summed E-state index contributed by atoms with van der Waals surface area (Å²) in [5, 5.41) is 8.93. The van der Waals surface area contributed by atoms with E-state index in [2.05, 4.69) is 0 Å². The number of likely N-dealkylation sites (tertiary alicyclic amines) is 1. The normalized spacial score (nSPS) is 25.6. The molecule has 1 fully saturated rings. The van der Waals surface area contributed by atoms with Gasteiger partial charge in [0.15, 0.2) is 0 Å². The quantitative estimate of drug-likeness (QED) is 0.741. The van der Waals surface area contributed by atoms with E-state index in [0.29, 0.717) is 19.6 Å². The maximum Gasteiger partial charge on any atom is 0.326 e. The van der Waals surface area contributed by atoms with Crippen LogP contribution in [0.4, 0.5) is 0 Å². The average Bonchev–Trinajstić information content (AvgIpc) is 2.58. The number of hydrogen-bond donors (Lipinski definition) is 1. The second kappa shape index (κ2) is 5.11. The number of amides is 1. The Hall–Kier alpha value is -1.10. The van der Waals surface area contributed by atoms with Crippen LogP contribution in [0.15, 0.2) is 0 Å². The molecule has 1 aliphatic heterocycles. The molecule has 0 aromatic rings. The van der Waals surface area contributed by atoms with E-state index in [9.17, 15) is 9.59 Å². The molecule has 0 aromatic carbocycles.